The Balaban J connectivity index is 1.34. The van der Waals surface area contributed by atoms with E-state index in [4.69, 9.17) is 0 Å². The van der Waals surface area contributed by atoms with Crippen LogP contribution in [0.1, 0.15) is 44.9 Å². The summed E-state index contributed by atoms with van der Waals surface area (Å²) in [6.45, 7) is 6.44. The Bertz CT molecular complexity index is 423. The van der Waals surface area contributed by atoms with Crippen LogP contribution in [0.2, 0.25) is 0 Å². The maximum atomic E-state index is 12.5. The van der Waals surface area contributed by atoms with E-state index in [2.05, 4.69) is 20.0 Å². The third kappa shape index (κ3) is 5.74. The minimum Gasteiger partial charge on any atom is -0.352 e. The van der Waals surface area contributed by atoms with Gasteiger partial charge in [-0.15, -0.1) is 0 Å². The largest absolute Gasteiger partial charge is 0.352 e. The molecule has 0 aromatic heterocycles. The van der Waals surface area contributed by atoms with Crippen LogP contribution in [-0.2, 0) is 9.59 Å². The van der Waals surface area contributed by atoms with Crippen molar-refractivity contribution in [2.75, 3.05) is 52.4 Å². The van der Waals surface area contributed by atoms with Gasteiger partial charge in [-0.25, -0.2) is 0 Å². The van der Waals surface area contributed by atoms with E-state index in [1.54, 1.807) is 0 Å². The Hall–Kier alpha value is -1.14. The quantitative estimate of drug-likeness (QED) is 0.802. The first kappa shape index (κ1) is 17.7. The van der Waals surface area contributed by atoms with Crippen molar-refractivity contribution >= 4 is 11.8 Å². The fraction of sp³-hybridized carbons (Fsp3) is 0.889. The molecule has 24 heavy (non-hydrogen) atoms. The Morgan fingerprint density at radius 2 is 1.29 bits per heavy atom. The number of nitrogens with zero attached hydrogens (tertiary/aromatic N) is 3. The molecule has 2 aliphatic heterocycles. The lowest BCUT2D eigenvalue weighted by atomic mass is 10.1. The Labute approximate surface area is 145 Å². The summed E-state index contributed by atoms with van der Waals surface area (Å²) in [5.74, 6) is 0.444. The summed E-state index contributed by atoms with van der Waals surface area (Å²) in [5.41, 5.74) is 0. The fourth-order valence-electron chi connectivity index (χ4n) is 3.60. The van der Waals surface area contributed by atoms with Crippen molar-refractivity contribution < 1.29 is 9.59 Å². The van der Waals surface area contributed by atoms with E-state index in [0.717, 1.165) is 65.0 Å². The smallest absolute Gasteiger partial charge is 0.236 e. The summed E-state index contributed by atoms with van der Waals surface area (Å²) < 4.78 is 0. The highest BCUT2D eigenvalue weighted by atomic mass is 16.2. The van der Waals surface area contributed by atoms with Crippen molar-refractivity contribution in [3.8, 4) is 0 Å². The molecule has 2 saturated heterocycles. The molecule has 0 atom stereocenters. The summed E-state index contributed by atoms with van der Waals surface area (Å²) in [7, 11) is 0. The lowest BCUT2D eigenvalue weighted by Crippen LogP contribution is -2.52. The van der Waals surface area contributed by atoms with Crippen molar-refractivity contribution in [3.63, 3.8) is 0 Å². The average molecular weight is 336 g/mol. The monoisotopic (exact) mass is 336 g/mol. The highest BCUT2D eigenvalue weighted by Gasteiger charge is 2.26. The van der Waals surface area contributed by atoms with Crippen molar-refractivity contribution in [2.24, 2.45) is 0 Å². The van der Waals surface area contributed by atoms with Crippen LogP contribution in [0, 0.1) is 0 Å². The SMILES string of the molecule is O=C(CN1CCN(CC(=O)N2CCCCCCC2)CC1)NC1CC1. The van der Waals surface area contributed by atoms with Gasteiger partial charge in [-0.05, 0) is 25.7 Å². The molecule has 3 aliphatic rings. The van der Waals surface area contributed by atoms with Gasteiger partial charge in [-0.2, -0.15) is 0 Å². The zero-order chi connectivity index (χ0) is 16.8. The van der Waals surface area contributed by atoms with Gasteiger partial charge in [0.25, 0.3) is 0 Å². The summed E-state index contributed by atoms with van der Waals surface area (Å²) in [6, 6.07) is 0.439. The van der Waals surface area contributed by atoms with Gasteiger partial charge in [0, 0.05) is 45.3 Å². The molecule has 1 aliphatic carbocycles. The van der Waals surface area contributed by atoms with E-state index in [9.17, 15) is 9.59 Å². The predicted octanol–water partition coefficient (Wildman–Crippen LogP) is 0.675. The average Bonchev–Trinajstić information content (AvgIpc) is 3.32. The first-order valence-corrected chi connectivity index (χ1v) is 9.72. The van der Waals surface area contributed by atoms with Gasteiger partial charge >= 0.3 is 0 Å². The van der Waals surface area contributed by atoms with Gasteiger partial charge in [0.05, 0.1) is 13.1 Å². The van der Waals surface area contributed by atoms with E-state index in [0.29, 0.717) is 19.1 Å². The van der Waals surface area contributed by atoms with Crippen LogP contribution < -0.4 is 5.32 Å². The van der Waals surface area contributed by atoms with Gasteiger partial charge in [-0.1, -0.05) is 19.3 Å². The van der Waals surface area contributed by atoms with E-state index in [-0.39, 0.29) is 11.8 Å². The molecular formula is C18H32N4O2. The molecule has 3 fully saturated rings. The van der Waals surface area contributed by atoms with Crippen LogP contribution in [0.3, 0.4) is 0 Å². The number of carbonyl (C=O) groups excluding carboxylic acids is 2. The Morgan fingerprint density at radius 1 is 0.750 bits per heavy atom. The van der Waals surface area contributed by atoms with Crippen molar-refractivity contribution in [1.82, 2.24) is 20.0 Å². The van der Waals surface area contributed by atoms with E-state index < -0.39 is 0 Å². The lowest BCUT2D eigenvalue weighted by molar-refractivity contribution is -0.133. The highest BCUT2D eigenvalue weighted by Crippen LogP contribution is 2.18. The number of amides is 2. The van der Waals surface area contributed by atoms with E-state index in [1.807, 2.05) is 0 Å². The zero-order valence-corrected chi connectivity index (χ0v) is 14.8. The molecule has 1 N–H and O–H groups in total. The molecule has 136 valence electrons. The number of likely N-dealkylation sites (tertiary alicyclic amines) is 1. The summed E-state index contributed by atoms with van der Waals surface area (Å²) in [6.07, 6.45) is 8.40. The first-order chi connectivity index (χ1) is 11.7. The van der Waals surface area contributed by atoms with Gasteiger partial charge in [0.1, 0.15) is 0 Å². The molecule has 2 amide bonds. The molecule has 0 spiro atoms. The molecule has 0 radical (unpaired) electrons. The number of nitrogens with one attached hydrogen (secondary N) is 1. The van der Waals surface area contributed by atoms with Crippen LogP contribution in [0.15, 0.2) is 0 Å². The third-order valence-electron chi connectivity index (χ3n) is 5.34. The second kappa shape index (κ2) is 8.81. The number of hydrogen-bond donors (Lipinski definition) is 1. The van der Waals surface area contributed by atoms with Gasteiger partial charge in [0.2, 0.25) is 11.8 Å². The topological polar surface area (TPSA) is 55.9 Å². The zero-order valence-electron chi connectivity index (χ0n) is 14.8. The van der Waals surface area contributed by atoms with E-state index in [1.165, 1.54) is 19.3 Å². The summed E-state index contributed by atoms with van der Waals surface area (Å²) >= 11 is 0. The van der Waals surface area contributed by atoms with Crippen LogP contribution in [0.4, 0.5) is 0 Å². The lowest BCUT2D eigenvalue weighted by Gasteiger charge is -2.35. The minimum atomic E-state index is 0.155. The maximum absolute atomic E-state index is 12.5. The van der Waals surface area contributed by atoms with Crippen LogP contribution in [0.5, 0.6) is 0 Å². The second-order valence-corrected chi connectivity index (χ2v) is 7.54. The first-order valence-electron chi connectivity index (χ1n) is 9.72. The van der Waals surface area contributed by atoms with Gasteiger partial charge in [-0.3, -0.25) is 19.4 Å². The molecule has 0 aromatic carbocycles. The molecule has 0 aromatic rings. The number of hydrogen-bond acceptors (Lipinski definition) is 4. The molecule has 6 nitrogen and oxygen atoms in total. The normalized spacial score (nSPS) is 24.2. The number of rotatable bonds is 5. The molecule has 0 unspecified atom stereocenters. The van der Waals surface area contributed by atoms with Crippen molar-refractivity contribution in [2.45, 2.75) is 51.0 Å². The number of piperazine rings is 1. The summed E-state index contributed by atoms with van der Waals surface area (Å²) in [4.78, 5) is 30.9. The third-order valence-corrected chi connectivity index (χ3v) is 5.34. The summed E-state index contributed by atoms with van der Waals surface area (Å²) in [5, 5.41) is 3.04. The van der Waals surface area contributed by atoms with Crippen LogP contribution in [0.25, 0.3) is 0 Å². The maximum Gasteiger partial charge on any atom is 0.236 e. The molecular weight excluding hydrogens is 304 g/mol. The Kier molecular flexibility index (Phi) is 6.49. The van der Waals surface area contributed by atoms with Crippen LogP contribution >= 0.6 is 0 Å². The minimum absolute atomic E-state index is 0.155. The second-order valence-electron chi connectivity index (χ2n) is 7.54. The Morgan fingerprint density at radius 3 is 1.88 bits per heavy atom. The molecule has 3 rings (SSSR count). The molecule has 0 bridgehead atoms. The number of carbonyl (C=O) groups is 2. The molecule has 1 saturated carbocycles. The van der Waals surface area contributed by atoms with Crippen LogP contribution in [-0.4, -0.2) is 84.9 Å². The fourth-order valence-corrected chi connectivity index (χ4v) is 3.60. The predicted molar refractivity (Wildman–Crippen MR) is 93.7 cm³/mol. The van der Waals surface area contributed by atoms with Crippen molar-refractivity contribution in [3.05, 3.63) is 0 Å². The standard InChI is InChI=1S/C18H32N4O2/c23-17(19-16-6-7-16)14-20-10-12-21(13-11-20)15-18(24)22-8-4-2-1-3-5-9-22/h16H,1-15H2,(H,19,23). The van der Waals surface area contributed by atoms with Gasteiger partial charge in [0.15, 0.2) is 0 Å². The van der Waals surface area contributed by atoms with Crippen molar-refractivity contribution in [1.29, 1.82) is 0 Å². The molecule has 6 heteroatoms. The highest BCUT2D eigenvalue weighted by molar-refractivity contribution is 5.79. The van der Waals surface area contributed by atoms with Gasteiger partial charge < -0.3 is 10.2 Å². The molecule has 2 heterocycles. The van der Waals surface area contributed by atoms with E-state index >= 15 is 0 Å².